The van der Waals surface area contributed by atoms with Crippen LogP contribution in [-0.2, 0) is 9.59 Å². The van der Waals surface area contributed by atoms with E-state index in [0.29, 0.717) is 17.9 Å². The van der Waals surface area contributed by atoms with E-state index in [9.17, 15) is 9.59 Å². The minimum absolute atomic E-state index is 0.0131. The van der Waals surface area contributed by atoms with Gasteiger partial charge in [0.1, 0.15) is 10.8 Å². The summed E-state index contributed by atoms with van der Waals surface area (Å²) < 4.78 is 5.07. The summed E-state index contributed by atoms with van der Waals surface area (Å²) >= 11 is 6.05. The number of ether oxygens (including phenoxy) is 1. The molecule has 1 aromatic rings. The topological polar surface area (TPSA) is 46.6 Å². The van der Waals surface area contributed by atoms with Crippen molar-refractivity contribution in [1.82, 2.24) is 4.90 Å². The molecule has 106 valence electrons. The average Bonchev–Trinajstić information content (AvgIpc) is 2.63. The lowest BCUT2D eigenvalue weighted by molar-refractivity contribution is -0.137. The van der Waals surface area contributed by atoms with Crippen molar-refractivity contribution in [1.29, 1.82) is 0 Å². The Hall–Kier alpha value is -1.81. The molecule has 0 radical (unpaired) electrons. The van der Waals surface area contributed by atoms with Crippen LogP contribution in [0.1, 0.15) is 19.4 Å². The molecule has 1 aliphatic rings. The third-order valence-corrected chi connectivity index (χ3v) is 3.39. The Morgan fingerprint density at radius 3 is 2.25 bits per heavy atom. The van der Waals surface area contributed by atoms with Gasteiger partial charge in [-0.05, 0) is 23.6 Å². The second kappa shape index (κ2) is 5.67. The van der Waals surface area contributed by atoms with Gasteiger partial charge >= 0.3 is 0 Å². The number of imide groups is 1. The maximum absolute atomic E-state index is 12.3. The predicted molar refractivity (Wildman–Crippen MR) is 77.3 cm³/mol. The standard InChI is InChI=1S/C15H16ClNO3/c1-9(2)8-17-14(18)12(13(16)15(17)19)10-4-6-11(20-3)7-5-10/h4-7,9H,8H2,1-3H3. The van der Waals surface area contributed by atoms with Crippen molar-refractivity contribution in [3.05, 3.63) is 34.9 Å². The Balaban J connectivity index is 2.35. The highest BCUT2D eigenvalue weighted by Gasteiger charge is 2.38. The molecule has 1 aliphatic heterocycles. The molecule has 0 fully saturated rings. The lowest BCUT2D eigenvalue weighted by Crippen LogP contribution is -2.34. The quantitative estimate of drug-likeness (QED) is 0.802. The molecular formula is C15H16ClNO3. The molecule has 2 amide bonds. The maximum Gasteiger partial charge on any atom is 0.273 e. The van der Waals surface area contributed by atoms with Crippen LogP contribution in [0.15, 0.2) is 29.3 Å². The smallest absolute Gasteiger partial charge is 0.273 e. The molecule has 0 unspecified atom stereocenters. The summed E-state index contributed by atoms with van der Waals surface area (Å²) in [5.41, 5.74) is 0.889. The number of nitrogens with zero attached hydrogens (tertiary/aromatic N) is 1. The Labute approximate surface area is 123 Å². The van der Waals surface area contributed by atoms with Gasteiger partial charge in [0, 0.05) is 6.54 Å². The van der Waals surface area contributed by atoms with E-state index < -0.39 is 5.91 Å². The highest BCUT2D eigenvalue weighted by molar-refractivity contribution is 6.55. The van der Waals surface area contributed by atoms with Gasteiger partial charge in [0.25, 0.3) is 11.8 Å². The molecule has 0 saturated carbocycles. The van der Waals surface area contributed by atoms with Gasteiger partial charge in [-0.2, -0.15) is 0 Å². The van der Waals surface area contributed by atoms with Crippen LogP contribution in [0.4, 0.5) is 0 Å². The molecule has 0 bridgehead atoms. The van der Waals surface area contributed by atoms with Gasteiger partial charge in [0.05, 0.1) is 12.7 Å². The zero-order valence-corrected chi connectivity index (χ0v) is 12.4. The fraction of sp³-hybridized carbons (Fsp3) is 0.333. The van der Waals surface area contributed by atoms with E-state index >= 15 is 0 Å². The van der Waals surface area contributed by atoms with Gasteiger partial charge in [-0.1, -0.05) is 37.6 Å². The van der Waals surface area contributed by atoms with Crippen molar-refractivity contribution in [3.63, 3.8) is 0 Å². The summed E-state index contributed by atoms with van der Waals surface area (Å²) in [5.74, 6) is 0.124. The number of hydrogen-bond acceptors (Lipinski definition) is 3. The summed E-state index contributed by atoms with van der Waals surface area (Å²) in [6, 6.07) is 6.91. The molecule has 1 heterocycles. The maximum atomic E-state index is 12.3. The number of benzene rings is 1. The first-order valence-corrected chi connectivity index (χ1v) is 6.74. The molecule has 0 N–H and O–H groups in total. The average molecular weight is 294 g/mol. The molecule has 4 nitrogen and oxygen atoms in total. The van der Waals surface area contributed by atoms with E-state index in [0.717, 1.165) is 0 Å². The van der Waals surface area contributed by atoms with Crippen LogP contribution < -0.4 is 4.74 Å². The third-order valence-electron chi connectivity index (χ3n) is 3.04. The van der Waals surface area contributed by atoms with Crippen LogP contribution in [0.25, 0.3) is 5.57 Å². The van der Waals surface area contributed by atoms with Crippen molar-refractivity contribution in [3.8, 4) is 5.75 Å². The Morgan fingerprint density at radius 1 is 1.15 bits per heavy atom. The van der Waals surface area contributed by atoms with Gasteiger partial charge in [-0.3, -0.25) is 14.5 Å². The molecule has 0 atom stereocenters. The van der Waals surface area contributed by atoms with Gasteiger partial charge < -0.3 is 4.74 Å². The summed E-state index contributed by atoms with van der Waals surface area (Å²) in [7, 11) is 1.57. The second-order valence-electron chi connectivity index (χ2n) is 5.03. The molecule has 20 heavy (non-hydrogen) atoms. The summed E-state index contributed by atoms with van der Waals surface area (Å²) in [6.07, 6.45) is 0. The number of halogens is 1. The summed E-state index contributed by atoms with van der Waals surface area (Å²) in [4.78, 5) is 25.6. The van der Waals surface area contributed by atoms with E-state index in [-0.39, 0.29) is 22.4 Å². The van der Waals surface area contributed by atoms with Gasteiger partial charge in [-0.25, -0.2) is 0 Å². The van der Waals surface area contributed by atoms with Crippen LogP contribution in [0.5, 0.6) is 5.75 Å². The molecule has 2 rings (SSSR count). The summed E-state index contributed by atoms with van der Waals surface area (Å²) in [5, 5.41) is -0.0131. The molecule has 0 aliphatic carbocycles. The van der Waals surface area contributed by atoms with Crippen molar-refractivity contribution >= 4 is 29.0 Å². The molecule has 0 aromatic heterocycles. The number of carbonyl (C=O) groups is 2. The second-order valence-corrected chi connectivity index (χ2v) is 5.41. The van der Waals surface area contributed by atoms with Crippen molar-refractivity contribution < 1.29 is 14.3 Å². The first-order valence-electron chi connectivity index (χ1n) is 6.36. The van der Waals surface area contributed by atoms with Gasteiger partial charge in [0.2, 0.25) is 0 Å². The van der Waals surface area contributed by atoms with Crippen molar-refractivity contribution in [2.75, 3.05) is 13.7 Å². The van der Waals surface area contributed by atoms with Gasteiger partial charge in [-0.15, -0.1) is 0 Å². The Bertz CT molecular complexity index is 575. The first-order chi connectivity index (χ1) is 9.45. The normalized spacial score (nSPS) is 15.6. The highest BCUT2D eigenvalue weighted by atomic mass is 35.5. The zero-order valence-electron chi connectivity index (χ0n) is 11.6. The largest absolute Gasteiger partial charge is 0.497 e. The van der Waals surface area contributed by atoms with E-state index in [1.165, 1.54) is 4.90 Å². The SMILES string of the molecule is COc1ccc(C2=C(Cl)C(=O)N(CC(C)C)C2=O)cc1. The lowest BCUT2D eigenvalue weighted by atomic mass is 10.1. The van der Waals surface area contributed by atoms with Gasteiger partial charge in [0.15, 0.2) is 0 Å². The van der Waals surface area contributed by atoms with Crippen LogP contribution >= 0.6 is 11.6 Å². The van der Waals surface area contributed by atoms with E-state index in [1.54, 1.807) is 31.4 Å². The highest BCUT2D eigenvalue weighted by Crippen LogP contribution is 2.32. The Morgan fingerprint density at radius 2 is 1.75 bits per heavy atom. The molecular weight excluding hydrogens is 278 g/mol. The number of carbonyl (C=O) groups excluding carboxylic acids is 2. The predicted octanol–water partition coefficient (Wildman–Crippen LogP) is 2.67. The Kier molecular flexibility index (Phi) is 4.14. The number of amides is 2. The molecule has 0 saturated heterocycles. The number of rotatable bonds is 4. The third kappa shape index (κ3) is 2.56. The first kappa shape index (κ1) is 14.6. The molecule has 5 heteroatoms. The zero-order chi connectivity index (χ0) is 14.9. The molecule has 0 spiro atoms. The summed E-state index contributed by atoms with van der Waals surface area (Å²) in [6.45, 7) is 4.26. The fourth-order valence-corrected chi connectivity index (χ4v) is 2.38. The van der Waals surface area contributed by atoms with Crippen molar-refractivity contribution in [2.45, 2.75) is 13.8 Å². The fourth-order valence-electron chi connectivity index (χ4n) is 2.09. The molecule has 1 aromatic carbocycles. The minimum Gasteiger partial charge on any atom is -0.497 e. The van der Waals surface area contributed by atoms with E-state index in [1.807, 2.05) is 13.8 Å². The lowest BCUT2D eigenvalue weighted by Gasteiger charge is -2.16. The van der Waals surface area contributed by atoms with E-state index in [4.69, 9.17) is 16.3 Å². The van der Waals surface area contributed by atoms with Crippen molar-refractivity contribution in [2.24, 2.45) is 5.92 Å². The van der Waals surface area contributed by atoms with Crippen LogP contribution in [-0.4, -0.2) is 30.4 Å². The van der Waals surface area contributed by atoms with Crippen LogP contribution in [0, 0.1) is 5.92 Å². The number of methoxy groups -OCH3 is 1. The number of hydrogen-bond donors (Lipinski definition) is 0. The van der Waals surface area contributed by atoms with Crippen LogP contribution in [0.3, 0.4) is 0 Å². The minimum atomic E-state index is -0.420. The van der Waals surface area contributed by atoms with E-state index in [2.05, 4.69) is 0 Å². The van der Waals surface area contributed by atoms with Crippen LogP contribution in [0.2, 0.25) is 0 Å². The monoisotopic (exact) mass is 293 g/mol.